The molecule has 0 unspecified atom stereocenters. The van der Waals surface area contributed by atoms with Gasteiger partial charge in [-0.2, -0.15) is 0 Å². The zero-order chi connectivity index (χ0) is 11.4. The summed E-state index contributed by atoms with van der Waals surface area (Å²) in [6, 6.07) is 3.82. The highest BCUT2D eigenvalue weighted by molar-refractivity contribution is 8.00. The van der Waals surface area contributed by atoms with Crippen LogP contribution in [0, 0.1) is 6.92 Å². The van der Waals surface area contributed by atoms with Crippen LogP contribution in [0.25, 0.3) is 0 Å². The van der Waals surface area contributed by atoms with Crippen LogP contribution >= 0.6 is 23.1 Å². The summed E-state index contributed by atoms with van der Waals surface area (Å²) >= 11 is 3.14. The van der Waals surface area contributed by atoms with Crippen molar-refractivity contribution in [3.05, 3.63) is 29.0 Å². The van der Waals surface area contributed by atoms with Gasteiger partial charge in [-0.05, 0) is 25.3 Å². The van der Waals surface area contributed by atoms with E-state index in [2.05, 4.69) is 15.2 Å². The molecule has 0 spiro atoms. The predicted molar refractivity (Wildman–Crippen MR) is 65.0 cm³/mol. The van der Waals surface area contributed by atoms with Crippen molar-refractivity contribution < 1.29 is 4.74 Å². The first-order valence-electron chi connectivity index (χ1n) is 4.70. The molecule has 0 bridgehead atoms. The molecule has 2 aromatic heterocycles. The van der Waals surface area contributed by atoms with Crippen LogP contribution in [0.2, 0.25) is 0 Å². The van der Waals surface area contributed by atoms with Crippen molar-refractivity contribution in [1.29, 1.82) is 0 Å². The number of thioether (sulfide) groups is 1. The Bertz CT molecular complexity index is 455. The van der Waals surface area contributed by atoms with Gasteiger partial charge in [0.1, 0.15) is 12.4 Å². The van der Waals surface area contributed by atoms with Crippen molar-refractivity contribution >= 4 is 23.1 Å². The van der Waals surface area contributed by atoms with Gasteiger partial charge in [0.05, 0.1) is 6.20 Å². The molecule has 0 aliphatic heterocycles. The van der Waals surface area contributed by atoms with Crippen molar-refractivity contribution in [3.8, 4) is 5.75 Å². The van der Waals surface area contributed by atoms with E-state index >= 15 is 0 Å². The Balaban J connectivity index is 1.94. The summed E-state index contributed by atoms with van der Waals surface area (Å²) in [6.45, 7) is 2.39. The molecule has 4 nitrogen and oxygen atoms in total. The summed E-state index contributed by atoms with van der Waals surface area (Å²) in [5.74, 6) is 0.756. The number of rotatable bonds is 4. The minimum atomic E-state index is 0.447. The Hall–Kier alpha value is -1.14. The summed E-state index contributed by atoms with van der Waals surface area (Å²) in [5.41, 5.74) is 0.980. The van der Waals surface area contributed by atoms with Crippen molar-refractivity contribution in [2.24, 2.45) is 0 Å². The van der Waals surface area contributed by atoms with E-state index in [-0.39, 0.29) is 0 Å². The lowest BCUT2D eigenvalue weighted by atomic mass is 10.4. The highest BCUT2D eigenvalue weighted by Gasteiger charge is 2.03. The largest absolute Gasteiger partial charge is 0.485 e. The fourth-order valence-corrected chi connectivity index (χ4v) is 2.29. The van der Waals surface area contributed by atoms with Crippen molar-refractivity contribution in [3.63, 3.8) is 0 Å². The second kappa shape index (κ2) is 5.27. The van der Waals surface area contributed by atoms with Gasteiger partial charge >= 0.3 is 0 Å². The number of hydrogen-bond acceptors (Lipinski definition) is 6. The van der Waals surface area contributed by atoms with Gasteiger partial charge in [-0.25, -0.2) is 0 Å². The standard InChI is InChI=1S/C10H11N3OS2/c1-7-3-4-8(5-11-7)14-6-9-12-13-10(15-2)16-9/h3-5H,6H2,1-2H3. The number of aryl methyl sites for hydroxylation is 1. The third kappa shape index (κ3) is 2.93. The maximum atomic E-state index is 5.54. The van der Waals surface area contributed by atoms with E-state index < -0.39 is 0 Å². The topological polar surface area (TPSA) is 47.9 Å². The second-order valence-electron chi connectivity index (χ2n) is 3.09. The van der Waals surface area contributed by atoms with Gasteiger partial charge in [0.15, 0.2) is 9.35 Å². The Kier molecular flexibility index (Phi) is 3.74. The Morgan fingerprint density at radius 3 is 2.88 bits per heavy atom. The fraction of sp³-hybridized carbons (Fsp3) is 0.300. The molecule has 0 radical (unpaired) electrons. The van der Waals surface area contributed by atoms with E-state index in [1.165, 1.54) is 0 Å². The van der Waals surface area contributed by atoms with Gasteiger partial charge < -0.3 is 4.74 Å². The molecule has 0 aliphatic rings. The van der Waals surface area contributed by atoms with Crippen molar-refractivity contribution in [2.75, 3.05) is 6.26 Å². The smallest absolute Gasteiger partial charge is 0.174 e. The zero-order valence-electron chi connectivity index (χ0n) is 9.01. The van der Waals surface area contributed by atoms with E-state index in [9.17, 15) is 0 Å². The molecular formula is C10H11N3OS2. The van der Waals surface area contributed by atoms with Gasteiger partial charge in [0.25, 0.3) is 0 Å². The van der Waals surface area contributed by atoms with Crippen LogP contribution in [0.1, 0.15) is 10.7 Å². The van der Waals surface area contributed by atoms with Gasteiger partial charge in [0, 0.05) is 5.69 Å². The summed E-state index contributed by atoms with van der Waals surface area (Å²) in [7, 11) is 0. The van der Waals surface area contributed by atoms with E-state index in [4.69, 9.17) is 4.74 Å². The third-order valence-electron chi connectivity index (χ3n) is 1.87. The lowest BCUT2D eigenvalue weighted by molar-refractivity contribution is 0.303. The first-order valence-corrected chi connectivity index (χ1v) is 6.74. The summed E-state index contributed by atoms with van der Waals surface area (Å²) < 4.78 is 6.50. The molecule has 0 saturated carbocycles. The van der Waals surface area contributed by atoms with Crippen molar-refractivity contribution in [1.82, 2.24) is 15.2 Å². The zero-order valence-corrected chi connectivity index (χ0v) is 10.6. The maximum Gasteiger partial charge on any atom is 0.174 e. The van der Waals surface area contributed by atoms with Gasteiger partial charge in [-0.15, -0.1) is 10.2 Å². The van der Waals surface area contributed by atoms with E-state index in [0.717, 1.165) is 20.8 Å². The predicted octanol–water partition coefficient (Wildman–Crippen LogP) is 2.54. The van der Waals surface area contributed by atoms with Gasteiger partial charge in [-0.1, -0.05) is 23.1 Å². The molecule has 0 saturated heterocycles. The molecule has 0 fully saturated rings. The quantitative estimate of drug-likeness (QED) is 0.784. The average Bonchev–Trinajstić information content (AvgIpc) is 2.76. The number of hydrogen-bond donors (Lipinski definition) is 0. The second-order valence-corrected chi connectivity index (χ2v) is 5.21. The number of nitrogens with zero attached hydrogens (tertiary/aromatic N) is 3. The third-order valence-corrected chi connectivity index (χ3v) is 3.74. The molecule has 0 aromatic carbocycles. The first kappa shape index (κ1) is 11.3. The fourth-order valence-electron chi connectivity index (χ4n) is 1.06. The normalized spacial score (nSPS) is 10.4. The summed E-state index contributed by atoms with van der Waals surface area (Å²) in [6.07, 6.45) is 3.70. The SMILES string of the molecule is CSc1nnc(COc2ccc(C)nc2)s1. The Labute approximate surface area is 102 Å². The van der Waals surface area contributed by atoms with Crippen LogP contribution in [-0.2, 0) is 6.61 Å². The molecule has 0 N–H and O–H groups in total. The molecule has 0 amide bonds. The molecule has 16 heavy (non-hydrogen) atoms. The minimum Gasteiger partial charge on any atom is -0.485 e. The minimum absolute atomic E-state index is 0.447. The van der Waals surface area contributed by atoms with Crippen LogP contribution in [-0.4, -0.2) is 21.4 Å². The summed E-state index contributed by atoms with van der Waals surface area (Å²) in [5, 5.41) is 8.90. The van der Waals surface area contributed by atoms with Crippen LogP contribution in [0.4, 0.5) is 0 Å². The lowest BCUT2D eigenvalue weighted by Gasteiger charge is -2.02. The van der Waals surface area contributed by atoms with E-state index in [1.54, 1.807) is 29.3 Å². The maximum absolute atomic E-state index is 5.54. The van der Waals surface area contributed by atoms with Gasteiger partial charge in [0.2, 0.25) is 0 Å². The van der Waals surface area contributed by atoms with Crippen LogP contribution in [0.15, 0.2) is 22.7 Å². The Morgan fingerprint density at radius 1 is 1.38 bits per heavy atom. The molecule has 6 heteroatoms. The molecule has 84 valence electrons. The van der Waals surface area contributed by atoms with Crippen molar-refractivity contribution in [2.45, 2.75) is 17.9 Å². The molecule has 2 rings (SSSR count). The first-order chi connectivity index (χ1) is 7.78. The van der Waals surface area contributed by atoms with Gasteiger partial charge in [-0.3, -0.25) is 4.98 Å². The molecule has 2 heterocycles. The van der Waals surface area contributed by atoms with E-state index in [0.29, 0.717) is 6.61 Å². The number of aromatic nitrogens is 3. The molecule has 2 aromatic rings. The lowest BCUT2D eigenvalue weighted by Crippen LogP contribution is -1.95. The highest BCUT2D eigenvalue weighted by Crippen LogP contribution is 2.20. The number of ether oxygens (including phenoxy) is 1. The van der Waals surface area contributed by atoms with E-state index in [1.807, 2.05) is 25.3 Å². The molecule has 0 aliphatic carbocycles. The highest BCUT2D eigenvalue weighted by atomic mass is 32.2. The average molecular weight is 253 g/mol. The van der Waals surface area contributed by atoms with Crippen LogP contribution in [0.5, 0.6) is 5.75 Å². The monoisotopic (exact) mass is 253 g/mol. The molecule has 0 atom stereocenters. The number of pyridine rings is 1. The molecular weight excluding hydrogens is 242 g/mol. The summed E-state index contributed by atoms with van der Waals surface area (Å²) in [4.78, 5) is 4.15. The van der Waals surface area contributed by atoms with Crippen LogP contribution < -0.4 is 4.74 Å². The Morgan fingerprint density at radius 2 is 2.25 bits per heavy atom. The van der Waals surface area contributed by atoms with Crippen LogP contribution in [0.3, 0.4) is 0 Å².